The summed E-state index contributed by atoms with van der Waals surface area (Å²) in [5.74, 6) is 1.59. The van der Waals surface area contributed by atoms with Crippen molar-refractivity contribution in [1.82, 2.24) is 19.5 Å². The van der Waals surface area contributed by atoms with Crippen LogP contribution in [0.2, 0.25) is 0 Å². The molecule has 0 saturated carbocycles. The van der Waals surface area contributed by atoms with Gasteiger partial charge in [0.15, 0.2) is 17.5 Å². The molecule has 0 radical (unpaired) electrons. The Kier molecular flexibility index (Phi) is 5.98. The maximum Gasteiger partial charge on any atom is 0.165 e. The second-order valence-corrected chi connectivity index (χ2v) is 12.2. The van der Waals surface area contributed by atoms with Gasteiger partial charge in [0, 0.05) is 53.3 Å². The van der Waals surface area contributed by atoms with Crippen molar-refractivity contribution in [3.8, 4) is 45.9 Å². The Balaban J connectivity index is 1.29. The minimum atomic E-state index is 0.462. The fourth-order valence-corrected chi connectivity index (χ4v) is 7.53. The van der Waals surface area contributed by atoms with Crippen LogP contribution < -0.4 is 0 Å². The van der Waals surface area contributed by atoms with E-state index in [1.54, 1.807) is 0 Å². The fraction of sp³-hybridized carbons (Fsp3) is 0. The number of aromatic nitrogens is 4. The predicted molar refractivity (Wildman–Crippen MR) is 188 cm³/mol. The molecule has 0 aliphatic heterocycles. The molecule has 0 unspecified atom stereocenters. The smallest absolute Gasteiger partial charge is 0.165 e. The zero-order valence-electron chi connectivity index (χ0n) is 24.4. The number of nitriles is 1. The van der Waals surface area contributed by atoms with E-state index in [2.05, 4.69) is 77.4 Å². The number of fused-ring (bicyclic) bond motifs is 7. The molecule has 0 aliphatic rings. The predicted octanol–water partition coefficient (Wildman–Crippen LogP) is 10.2. The van der Waals surface area contributed by atoms with Crippen molar-refractivity contribution in [1.29, 1.82) is 5.26 Å². The summed E-state index contributed by atoms with van der Waals surface area (Å²) in [6, 6.07) is 49.8. The number of thiophene rings is 1. The van der Waals surface area contributed by atoms with Crippen LogP contribution in [0.4, 0.5) is 0 Å². The van der Waals surface area contributed by atoms with Gasteiger partial charge < -0.3 is 4.57 Å². The maximum atomic E-state index is 10.6. The largest absolute Gasteiger partial charge is 0.309 e. The average molecular weight is 606 g/mol. The lowest BCUT2D eigenvalue weighted by Gasteiger charge is -2.13. The van der Waals surface area contributed by atoms with E-state index in [4.69, 9.17) is 15.0 Å². The molecule has 6 heteroatoms. The molecular weight excluding hydrogens is 583 g/mol. The summed E-state index contributed by atoms with van der Waals surface area (Å²) < 4.78 is 4.80. The van der Waals surface area contributed by atoms with Gasteiger partial charge in [-0.25, -0.2) is 15.0 Å². The quantitative estimate of drug-likeness (QED) is 0.200. The second-order valence-electron chi connectivity index (χ2n) is 11.2. The molecule has 0 N–H and O–H groups in total. The highest BCUT2D eigenvalue weighted by Crippen LogP contribution is 2.43. The van der Waals surface area contributed by atoms with Crippen molar-refractivity contribution < 1.29 is 0 Å². The van der Waals surface area contributed by atoms with Crippen LogP contribution in [0.25, 0.3) is 81.8 Å². The Morgan fingerprint density at radius 3 is 1.89 bits per heavy atom. The Morgan fingerprint density at radius 2 is 1.17 bits per heavy atom. The third kappa shape index (κ3) is 4.11. The highest BCUT2D eigenvalue weighted by molar-refractivity contribution is 7.26. The van der Waals surface area contributed by atoms with Gasteiger partial charge in [0.1, 0.15) is 0 Å². The Morgan fingerprint density at radius 1 is 0.543 bits per heavy atom. The topological polar surface area (TPSA) is 67.4 Å². The van der Waals surface area contributed by atoms with E-state index in [-0.39, 0.29) is 0 Å². The molecular formula is C40H23N5S. The number of hydrogen-bond acceptors (Lipinski definition) is 5. The van der Waals surface area contributed by atoms with Crippen LogP contribution in [0.5, 0.6) is 0 Å². The van der Waals surface area contributed by atoms with E-state index < -0.39 is 0 Å². The fourth-order valence-electron chi connectivity index (χ4n) is 6.42. The highest BCUT2D eigenvalue weighted by Gasteiger charge is 2.20. The molecule has 5 nitrogen and oxygen atoms in total. The van der Waals surface area contributed by atoms with Crippen LogP contribution in [0.1, 0.15) is 5.56 Å². The summed E-state index contributed by atoms with van der Waals surface area (Å²) in [4.78, 5) is 14.6. The molecule has 3 aromatic heterocycles. The molecule has 0 fully saturated rings. The van der Waals surface area contributed by atoms with E-state index in [9.17, 15) is 5.26 Å². The lowest BCUT2D eigenvalue weighted by Crippen LogP contribution is -2.02. The highest BCUT2D eigenvalue weighted by atomic mass is 32.1. The molecule has 0 amide bonds. The van der Waals surface area contributed by atoms with Crippen LogP contribution in [-0.4, -0.2) is 19.5 Å². The Hall–Kier alpha value is -6.16. The lowest BCUT2D eigenvalue weighted by atomic mass is 10.1. The lowest BCUT2D eigenvalue weighted by molar-refractivity contribution is 1.07. The molecule has 214 valence electrons. The Labute approximate surface area is 268 Å². The van der Waals surface area contributed by atoms with Gasteiger partial charge in [-0.1, -0.05) is 103 Å². The molecule has 0 atom stereocenters. The summed E-state index contributed by atoms with van der Waals surface area (Å²) in [5, 5.41) is 15.4. The number of hydrogen-bond donors (Lipinski definition) is 0. The summed E-state index contributed by atoms with van der Waals surface area (Å²) in [6.45, 7) is 0. The first-order valence-corrected chi connectivity index (χ1v) is 15.8. The van der Waals surface area contributed by atoms with Crippen molar-refractivity contribution in [2.45, 2.75) is 0 Å². The van der Waals surface area contributed by atoms with Crippen LogP contribution in [-0.2, 0) is 0 Å². The van der Waals surface area contributed by atoms with Gasteiger partial charge >= 0.3 is 0 Å². The third-order valence-electron chi connectivity index (χ3n) is 8.50. The van der Waals surface area contributed by atoms with E-state index >= 15 is 0 Å². The van der Waals surface area contributed by atoms with Crippen LogP contribution >= 0.6 is 11.3 Å². The van der Waals surface area contributed by atoms with Crippen molar-refractivity contribution in [3.05, 3.63) is 145 Å². The van der Waals surface area contributed by atoms with E-state index in [1.807, 2.05) is 84.1 Å². The normalized spacial score (nSPS) is 11.5. The molecule has 9 rings (SSSR count). The minimum Gasteiger partial charge on any atom is -0.309 e. The van der Waals surface area contributed by atoms with E-state index in [1.165, 1.54) is 30.9 Å². The summed E-state index contributed by atoms with van der Waals surface area (Å²) in [6.07, 6.45) is 0. The number of para-hydroxylation sites is 1. The first kappa shape index (κ1) is 26.3. The molecule has 0 saturated heterocycles. The monoisotopic (exact) mass is 605 g/mol. The van der Waals surface area contributed by atoms with Gasteiger partial charge in [-0.05, 0) is 36.4 Å². The van der Waals surface area contributed by atoms with Crippen LogP contribution in [0.3, 0.4) is 0 Å². The van der Waals surface area contributed by atoms with E-state index in [0.29, 0.717) is 28.6 Å². The second kappa shape index (κ2) is 10.5. The van der Waals surface area contributed by atoms with E-state index in [0.717, 1.165) is 27.8 Å². The first-order valence-electron chi connectivity index (χ1n) is 15.0. The van der Waals surface area contributed by atoms with Gasteiger partial charge in [0.2, 0.25) is 0 Å². The zero-order chi connectivity index (χ0) is 30.6. The number of rotatable bonds is 4. The summed E-state index contributed by atoms with van der Waals surface area (Å²) >= 11 is 1.81. The summed E-state index contributed by atoms with van der Waals surface area (Å²) in [5.41, 5.74) is 6.08. The zero-order valence-corrected chi connectivity index (χ0v) is 25.2. The maximum absolute atomic E-state index is 10.6. The molecule has 0 spiro atoms. The summed E-state index contributed by atoms with van der Waals surface area (Å²) in [7, 11) is 0. The van der Waals surface area contributed by atoms with Gasteiger partial charge in [-0.2, -0.15) is 5.26 Å². The third-order valence-corrected chi connectivity index (χ3v) is 9.63. The van der Waals surface area contributed by atoms with Crippen molar-refractivity contribution in [2.75, 3.05) is 0 Å². The minimum absolute atomic E-state index is 0.462. The van der Waals surface area contributed by atoms with Gasteiger partial charge in [-0.3, -0.25) is 0 Å². The van der Waals surface area contributed by atoms with Gasteiger partial charge in [0.25, 0.3) is 0 Å². The molecule has 9 aromatic rings. The number of nitrogens with zero attached hydrogens (tertiary/aromatic N) is 5. The molecule has 46 heavy (non-hydrogen) atoms. The average Bonchev–Trinajstić information content (AvgIpc) is 3.68. The van der Waals surface area contributed by atoms with Crippen molar-refractivity contribution in [3.63, 3.8) is 0 Å². The van der Waals surface area contributed by atoms with Crippen molar-refractivity contribution in [2.24, 2.45) is 0 Å². The first-order chi connectivity index (χ1) is 22.8. The SMILES string of the molecule is N#Cc1cc(-n2c3ccccc3c3ccc4sc5ccccc5c4c32)ccc1-c1nc(-c2ccccc2)nc(-c2ccccc2)n1. The van der Waals surface area contributed by atoms with Gasteiger partial charge in [-0.15, -0.1) is 11.3 Å². The Bertz CT molecular complexity index is 2590. The molecule has 3 heterocycles. The molecule has 0 aliphatic carbocycles. The van der Waals surface area contributed by atoms with Crippen LogP contribution in [0, 0.1) is 11.3 Å². The molecule has 6 aromatic carbocycles. The molecule has 0 bridgehead atoms. The van der Waals surface area contributed by atoms with Crippen molar-refractivity contribution >= 4 is 53.3 Å². The van der Waals surface area contributed by atoms with Crippen LogP contribution in [0.15, 0.2) is 140 Å². The standard InChI is InChI=1S/C40H23N5S/c41-24-27-23-28(19-20-29(27)40-43-38(25-11-3-1-4-12-25)42-39(44-40)26-13-5-2-6-14-26)45-33-17-9-7-15-30(33)31-21-22-35-36(37(31)45)32-16-8-10-18-34(32)46-35/h1-23H. The van der Waals surface area contributed by atoms with Gasteiger partial charge in [0.05, 0.1) is 22.7 Å². The number of benzene rings is 6.